The number of sulfonamides is 1. The van der Waals surface area contributed by atoms with Crippen LogP contribution in [0.25, 0.3) is 27.8 Å². The Morgan fingerprint density at radius 2 is 1.09 bits per heavy atom. The Kier molecular flexibility index (Phi) is 18.5. The van der Waals surface area contributed by atoms with Crippen molar-refractivity contribution in [3.05, 3.63) is 114 Å². The zero-order valence-electron chi connectivity index (χ0n) is 45.7. The number of amides is 4. The van der Waals surface area contributed by atoms with Crippen LogP contribution in [0.5, 0.6) is 0 Å². The van der Waals surface area contributed by atoms with Crippen molar-refractivity contribution in [3.8, 4) is 5.69 Å². The van der Waals surface area contributed by atoms with Gasteiger partial charge < -0.3 is 24.7 Å². The van der Waals surface area contributed by atoms with E-state index in [9.17, 15) is 36.4 Å². The predicted octanol–water partition coefficient (Wildman–Crippen LogP) is 8.45. The molecule has 3 fully saturated rings. The number of hydrogen-bond acceptors (Lipinski definition) is 12. The summed E-state index contributed by atoms with van der Waals surface area (Å²) in [5.74, 6) is -0.0461. The molecular formula is C56H70F2N14O6S. The summed E-state index contributed by atoms with van der Waals surface area (Å²) in [5.41, 5.74) is 4.46. The number of piperazine rings is 1. The number of carbonyl (C=O) groups excluding carboxylic acids is 4. The summed E-state index contributed by atoms with van der Waals surface area (Å²) >= 11 is 0. The molecule has 0 unspecified atom stereocenters. The fourth-order valence-electron chi connectivity index (χ4n) is 10.4. The van der Waals surface area contributed by atoms with Gasteiger partial charge in [-0.15, -0.1) is 0 Å². The van der Waals surface area contributed by atoms with Crippen LogP contribution in [0.3, 0.4) is 0 Å². The summed E-state index contributed by atoms with van der Waals surface area (Å²) in [7, 11) is -3.26. The molecule has 420 valence electrons. The fraction of sp³-hybridized carbons (Fsp3) is 0.446. The molecule has 0 spiro atoms. The molecule has 4 N–H and O–H groups in total. The second kappa shape index (κ2) is 25.4. The Labute approximate surface area is 458 Å². The molecule has 10 rings (SSSR count). The summed E-state index contributed by atoms with van der Waals surface area (Å²) in [6.45, 7) is 13.6. The molecule has 79 heavy (non-hydrogen) atoms. The van der Waals surface area contributed by atoms with Crippen molar-refractivity contribution >= 4 is 73.4 Å². The Balaban J connectivity index is 0.000000203. The molecule has 2 saturated carbocycles. The van der Waals surface area contributed by atoms with E-state index in [0.29, 0.717) is 73.4 Å². The van der Waals surface area contributed by atoms with Gasteiger partial charge in [-0.2, -0.15) is 9.40 Å². The van der Waals surface area contributed by atoms with Gasteiger partial charge in [0.05, 0.1) is 34.7 Å². The van der Waals surface area contributed by atoms with Crippen LogP contribution >= 0.6 is 0 Å². The van der Waals surface area contributed by atoms with E-state index in [1.165, 1.54) is 65.4 Å². The molecule has 7 aromatic rings. The number of pyridine rings is 1. The molecule has 0 atom stereocenters. The van der Waals surface area contributed by atoms with E-state index in [1.807, 2.05) is 79.8 Å². The molecule has 0 radical (unpaired) electrons. The highest BCUT2D eigenvalue weighted by atomic mass is 32.2. The van der Waals surface area contributed by atoms with E-state index in [4.69, 9.17) is 9.97 Å². The lowest BCUT2D eigenvalue weighted by atomic mass is 9.85. The third kappa shape index (κ3) is 14.0. The molecule has 4 aromatic heterocycles. The molecule has 1 aliphatic heterocycles. The number of fused-ring (bicyclic) bond motifs is 2. The van der Waals surface area contributed by atoms with E-state index in [0.717, 1.165) is 60.8 Å². The second-order valence-corrected chi connectivity index (χ2v) is 22.5. The van der Waals surface area contributed by atoms with Crippen molar-refractivity contribution in [2.75, 3.05) is 48.0 Å². The van der Waals surface area contributed by atoms with Gasteiger partial charge in [0.25, 0.3) is 11.8 Å². The summed E-state index contributed by atoms with van der Waals surface area (Å²) in [6, 6.07) is 18.6. The zero-order chi connectivity index (χ0) is 56.5. The quantitative estimate of drug-likeness (QED) is 0.0851. The number of benzene rings is 3. The molecular weight excluding hydrogens is 1030 g/mol. The first-order valence-electron chi connectivity index (χ1n) is 27.1. The minimum Gasteiger partial charge on any atom is -0.354 e. The maximum atomic E-state index is 13.4. The van der Waals surface area contributed by atoms with Crippen molar-refractivity contribution < 1.29 is 36.4 Å². The minimum atomic E-state index is -3.26. The van der Waals surface area contributed by atoms with Crippen LogP contribution in [0.1, 0.15) is 126 Å². The Morgan fingerprint density at radius 3 is 1.53 bits per heavy atom. The number of imidazole rings is 2. The van der Waals surface area contributed by atoms with Crippen molar-refractivity contribution in [1.29, 1.82) is 0 Å². The molecule has 4 amide bonds. The van der Waals surface area contributed by atoms with E-state index < -0.39 is 27.6 Å². The number of halogens is 2. The Morgan fingerprint density at radius 1 is 0.620 bits per heavy atom. The van der Waals surface area contributed by atoms with Crippen molar-refractivity contribution in [2.24, 2.45) is 11.8 Å². The predicted molar refractivity (Wildman–Crippen MR) is 299 cm³/mol. The Bertz CT molecular complexity index is 3340. The summed E-state index contributed by atoms with van der Waals surface area (Å²) in [5, 5.41) is 16.1. The van der Waals surface area contributed by atoms with Gasteiger partial charge in [0.1, 0.15) is 35.6 Å². The van der Waals surface area contributed by atoms with Gasteiger partial charge in [-0.3, -0.25) is 29.8 Å². The van der Waals surface area contributed by atoms with Gasteiger partial charge in [0.2, 0.25) is 33.7 Å². The van der Waals surface area contributed by atoms with Crippen LogP contribution in [0.4, 0.5) is 26.5 Å². The number of nitrogens with zero attached hydrogens (tertiary/aromatic N) is 10. The maximum absolute atomic E-state index is 13.4. The van der Waals surface area contributed by atoms with Crippen molar-refractivity contribution in [3.63, 3.8) is 0 Å². The first-order chi connectivity index (χ1) is 37.9. The van der Waals surface area contributed by atoms with Crippen molar-refractivity contribution in [2.45, 2.75) is 117 Å². The molecule has 20 nitrogen and oxygen atoms in total. The van der Waals surface area contributed by atoms with Gasteiger partial charge >= 0.3 is 0 Å². The topological polar surface area (TPSA) is 236 Å². The molecule has 2 aliphatic carbocycles. The van der Waals surface area contributed by atoms with Crippen LogP contribution in [-0.4, -0.2) is 120 Å². The van der Waals surface area contributed by atoms with Crippen LogP contribution in [0, 0.1) is 23.5 Å². The summed E-state index contributed by atoms with van der Waals surface area (Å²) in [6.07, 6.45) is 11.9. The summed E-state index contributed by atoms with van der Waals surface area (Å²) < 4.78 is 57.9. The highest BCUT2D eigenvalue weighted by Crippen LogP contribution is 2.39. The highest BCUT2D eigenvalue weighted by molar-refractivity contribution is 7.88. The van der Waals surface area contributed by atoms with Crippen LogP contribution < -0.4 is 26.2 Å². The van der Waals surface area contributed by atoms with Crippen molar-refractivity contribution in [1.82, 2.24) is 53.8 Å². The van der Waals surface area contributed by atoms with Crippen LogP contribution in [0.2, 0.25) is 0 Å². The zero-order valence-corrected chi connectivity index (χ0v) is 46.5. The number of carbonyl (C=O) groups is 4. The highest BCUT2D eigenvalue weighted by Gasteiger charge is 2.33. The van der Waals surface area contributed by atoms with Crippen LogP contribution in [0.15, 0.2) is 91.6 Å². The van der Waals surface area contributed by atoms with Gasteiger partial charge in [0.15, 0.2) is 0 Å². The van der Waals surface area contributed by atoms with Gasteiger partial charge in [-0.1, -0.05) is 13.8 Å². The van der Waals surface area contributed by atoms with Crippen LogP contribution in [-0.2, 0) is 19.6 Å². The summed E-state index contributed by atoms with van der Waals surface area (Å²) in [4.78, 5) is 71.4. The monoisotopic (exact) mass is 1100 g/mol. The lowest BCUT2D eigenvalue weighted by molar-refractivity contribution is -0.127. The molecule has 1 saturated heterocycles. The lowest BCUT2D eigenvalue weighted by Gasteiger charge is -2.34. The maximum Gasteiger partial charge on any atom is 0.257 e. The minimum absolute atomic E-state index is 0.0102. The van der Waals surface area contributed by atoms with Gasteiger partial charge in [-0.25, -0.2) is 41.8 Å². The third-order valence-electron chi connectivity index (χ3n) is 14.3. The van der Waals surface area contributed by atoms with E-state index in [2.05, 4.69) is 36.3 Å². The van der Waals surface area contributed by atoms with E-state index >= 15 is 0 Å². The first kappa shape index (κ1) is 57.5. The van der Waals surface area contributed by atoms with E-state index in [-0.39, 0.29) is 53.7 Å². The number of rotatable bonds is 13. The molecule has 5 heterocycles. The molecule has 23 heteroatoms. The Hall–Kier alpha value is -7.66. The SMILES string of the molecule is CC.CC(C)NC(=O)C1CCC(n2c(NC(=O)c3ccc(F)cc3)nc3ccc(-n4cncn4)cc32)CC1.CC(C)NC(=O)C1CCC(n2c(NC(=O)c3ccc(F)cc3)nc3cnc(N4CCN(S(C)(=O)=O)CC4)cc32)CC1. The second-order valence-electron chi connectivity index (χ2n) is 20.6. The number of hydrogen-bond donors (Lipinski definition) is 4. The van der Waals surface area contributed by atoms with E-state index in [1.54, 1.807) is 17.2 Å². The standard InChI is InChI=1S/C28H36FN7O4S.C26H28FN7O2.C2H6/c1-18(2)31-26(37)20-6-10-22(11-7-20)36-24-16-25(34-12-14-35(15-13-34)41(3,39)40)30-17-23(24)32-28(36)33-27(38)19-4-8-21(29)9-5-19;1-16(2)30-24(35)18-5-9-20(10-6-18)34-23-13-21(33-15-28-14-29-33)11-12-22(23)31-26(34)32-25(36)17-3-7-19(27)8-4-17;1-2/h4-5,8-9,16-18,20,22H,6-7,10-15H2,1-3H3,(H,31,37)(H,32,33,38);3-4,7-8,11-16,18,20H,5-6,9-10H2,1-2H3,(H,30,35)(H,31,32,36);1-2H3. The first-order valence-corrected chi connectivity index (χ1v) is 28.9. The smallest absolute Gasteiger partial charge is 0.257 e. The number of anilines is 3. The molecule has 3 aromatic carbocycles. The molecule has 0 bridgehead atoms. The number of nitrogens with one attached hydrogen (secondary N) is 4. The largest absolute Gasteiger partial charge is 0.354 e. The lowest BCUT2D eigenvalue weighted by Crippen LogP contribution is -2.48. The molecule has 3 aliphatic rings. The average molecular weight is 1110 g/mol. The third-order valence-corrected chi connectivity index (χ3v) is 15.6. The van der Waals surface area contributed by atoms with Gasteiger partial charge in [0, 0.05) is 79.4 Å². The van der Waals surface area contributed by atoms with Gasteiger partial charge in [-0.05, 0) is 146 Å². The number of aromatic nitrogens is 8. The normalized spacial score (nSPS) is 18.8. The fourth-order valence-corrected chi connectivity index (χ4v) is 11.3. The average Bonchev–Trinajstić information content (AvgIpc) is 4.42.